The average molecular weight is 335 g/mol. The minimum absolute atomic E-state index is 0.130. The average Bonchev–Trinajstić information content (AvgIpc) is 3.11. The molecule has 1 heterocycles. The molecule has 0 saturated carbocycles. The van der Waals surface area contributed by atoms with Crippen molar-refractivity contribution >= 4 is 16.9 Å². The second kappa shape index (κ2) is 6.09. The Morgan fingerprint density at radius 3 is 2.60 bits per heavy atom. The number of benzene rings is 2. The molecule has 25 heavy (non-hydrogen) atoms. The van der Waals surface area contributed by atoms with E-state index in [2.05, 4.69) is 0 Å². The van der Waals surface area contributed by atoms with Gasteiger partial charge >= 0.3 is 5.63 Å². The summed E-state index contributed by atoms with van der Waals surface area (Å²) < 4.78 is 11.2. The zero-order chi connectivity index (χ0) is 17.4. The van der Waals surface area contributed by atoms with Crippen molar-refractivity contribution in [2.45, 2.75) is 25.9 Å². The van der Waals surface area contributed by atoms with Gasteiger partial charge in [0.25, 0.3) is 0 Å². The summed E-state index contributed by atoms with van der Waals surface area (Å²) in [5.41, 5.74) is 3.14. The Morgan fingerprint density at radius 2 is 1.84 bits per heavy atom. The highest BCUT2D eigenvalue weighted by Crippen LogP contribution is 2.29. The normalized spacial score (nSPS) is 13.0. The lowest BCUT2D eigenvalue weighted by Crippen LogP contribution is -2.22. The molecule has 0 amide bonds. The SMILES string of the molecule is O=C([O-])c1ccc(COc2ccc3c4c(c(=O)oc3c2)CCC4)cc1. The van der Waals surface area contributed by atoms with Gasteiger partial charge in [-0.15, -0.1) is 0 Å². The Kier molecular flexibility index (Phi) is 3.76. The van der Waals surface area contributed by atoms with Crippen LogP contribution in [-0.2, 0) is 19.4 Å². The van der Waals surface area contributed by atoms with Crippen molar-refractivity contribution in [1.29, 1.82) is 0 Å². The van der Waals surface area contributed by atoms with E-state index in [0.29, 0.717) is 11.3 Å². The van der Waals surface area contributed by atoms with Crippen LogP contribution in [0.2, 0.25) is 0 Å². The third-order valence-electron chi connectivity index (χ3n) is 4.54. The third-order valence-corrected chi connectivity index (χ3v) is 4.54. The lowest BCUT2D eigenvalue weighted by atomic mass is 10.1. The Morgan fingerprint density at radius 1 is 1.08 bits per heavy atom. The quantitative estimate of drug-likeness (QED) is 0.683. The largest absolute Gasteiger partial charge is 0.545 e. The Bertz CT molecular complexity index is 1010. The van der Waals surface area contributed by atoms with Gasteiger partial charge < -0.3 is 19.1 Å². The fourth-order valence-corrected chi connectivity index (χ4v) is 3.26. The molecule has 0 atom stereocenters. The van der Waals surface area contributed by atoms with Crippen LogP contribution in [0.4, 0.5) is 0 Å². The van der Waals surface area contributed by atoms with E-state index >= 15 is 0 Å². The van der Waals surface area contributed by atoms with Crippen LogP contribution in [0, 0.1) is 0 Å². The molecule has 1 aliphatic rings. The summed E-state index contributed by atoms with van der Waals surface area (Å²) in [4.78, 5) is 22.8. The summed E-state index contributed by atoms with van der Waals surface area (Å²) in [6.07, 6.45) is 2.68. The first-order valence-electron chi connectivity index (χ1n) is 8.13. The van der Waals surface area contributed by atoms with Crippen molar-refractivity contribution in [3.05, 3.63) is 75.1 Å². The summed E-state index contributed by atoms with van der Waals surface area (Å²) in [5.74, 6) is -0.609. The second-order valence-corrected chi connectivity index (χ2v) is 6.13. The highest BCUT2D eigenvalue weighted by atomic mass is 16.5. The van der Waals surface area contributed by atoms with Crippen LogP contribution in [0.15, 0.2) is 51.7 Å². The maximum Gasteiger partial charge on any atom is 0.339 e. The molecule has 1 aliphatic carbocycles. The van der Waals surface area contributed by atoms with Gasteiger partial charge in [0.05, 0.1) is 5.97 Å². The fourth-order valence-electron chi connectivity index (χ4n) is 3.26. The van der Waals surface area contributed by atoms with Gasteiger partial charge in [-0.25, -0.2) is 4.79 Å². The van der Waals surface area contributed by atoms with Crippen LogP contribution in [0.3, 0.4) is 0 Å². The second-order valence-electron chi connectivity index (χ2n) is 6.13. The summed E-state index contributed by atoms with van der Waals surface area (Å²) in [7, 11) is 0. The monoisotopic (exact) mass is 335 g/mol. The number of carboxylic acid groups (broad SMARTS) is 1. The van der Waals surface area contributed by atoms with Crippen molar-refractivity contribution in [1.82, 2.24) is 0 Å². The zero-order valence-corrected chi connectivity index (χ0v) is 13.4. The fraction of sp³-hybridized carbons (Fsp3) is 0.200. The number of carboxylic acids is 1. The van der Waals surface area contributed by atoms with Gasteiger partial charge in [0, 0.05) is 17.0 Å². The number of rotatable bonds is 4. The molecule has 0 radical (unpaired) electrons. The van der Waals surface area contributed by atoms with Gasteiger partial charge in [0.2, 0.25) is 0 Å². The predicted molar refractivity (Wildman–Crippen MR) is 89.6 cm³/mol. The van der Waals surface area contributed by atoms with Crippen LogP contribution in [0.25, 0.3) is 11.0 Å². The molecule has 3 aromatic rings. The van der Waals surface area contributed by atoms with Gasteiger partial charge in [-0.1, -0.05) is 24.3 Å². The van der Waals surface area contributed by atoms with E-state index in [9.17, 15) is 14.7 Å². The summed E-state index contributed by atoms with van der Waals surface area (Å²) in [6.45, 7) is 0.286. The molecule has 0 N–H and O–H groups in total. The maximum atomic E-state index is 12.0. The summed E-state index contributed by atoms with van der Waals surface area (Å²) >= 11 is 0. The molecule has 0 spiro atoms. The number of aryl methyl sites for hydroxylation is 1. The standard InChI is InChI=1S/C20H16O5/c21-19(22)13-6-4-12(5-7-13)11-24-14-8-9-16-15-2-1-3-17(15)20(23)25-18(16)10-14/h4-10H,1-3,11H2,(H,21,22)/p-1. The Balaban J connectivity index is 1.57. The van der Waals surface area contributed by atoms with Gasteiger partial charge in [0.15, 0.2) is 0 Å². The van der Waals surface area contributed by atoms with E-state index in [0.717, 1.165) is 41.3 Å². The first kappa shape index (κ1) is 15.4. The smallest absolute Gasteiger partial charge is 0.339 e. The van der Waals surface area contributed by atoms with E-state index < -0.39 is 5.97 Å². The lowest BCUT2D eigenvalue weighted by molar-refractivity contribution is -0.255. The Labute approximate surface area is 143 Å². The third kappa shape index (κ3) is 2.89. The highest BCUT2D eigenvalue weighted by Gasteiger charge is 2.19. The molecule has 5 heteroatoms. The predicted octanol–water partition coefficient (Wildman–Crippen LogP) is 2.22. The molecule has 0 aliphatic heterocycles. The van der Waals surface area contributed by atoms with E-state index in [1.807, 2.05) is 12.1 Å². The van der Waals surface area contributed by atoms with Crippen LogP contribution >= 0.6 is 0 Å². The van der Waals surface area contributed by atoms with E-state index in [1.165, 1.54) is 12.1 Å². The number of hydrogen-bond acceptors (Lipinski definition) is 5. The number of carbonyl (C=O) groups is 1. The van der Waals surface area contributed by atoms with E-state index in [1.54, 1.807) is 18.2 Å². The summed E-state index contributed by atoms with van der Waals surface area (Å²) in [6, 6.07) is 11.8. The van der Waals surface area contributed by atoms with Gasteiger partial charge in [0.1, 0.15) is 17.9 Å². The summed E-state index contributed by atoms with van der Waals surface area (Å²) in [5, 5.41) is 11.7. The lowest BCUT2D eigenvalue weighted by Gasteiger charge is -2.09. The van der Waals surface area contributed by atoms with E-state index in [4.69, 9.17) is 9.15 Å². The van der Waals surface area contributed by atoms with Crippen LogP contribution in [-0.4, -0.2) is 5.97 Å². The van der Waals surface area contributed by atoms with Crippen LogP contribution in [0.1, 0.15) is 33.5 Å². The molecular weight excluding hydrogens is 320 g/mol. The molecule has 0 saturated heterocycles. The number of carbonyl (C=O) groups excluding carboxylic acids is 1. The number of ether oxygens (including phenoxy) is 1. The minimum atomic E-state index is -1.20. The molecule has 126 valence electrons. The maximum absolute atomic E-state index is 12.0. The van der Waals surface area contributed by atoms with Gasteiger partial charge in [-0.2, -0.15) is 0 Å². The molecule has 2 aromatic carbocycles. The van der Waals surface area contributed by atoms with Gasteiger partial charge in [-0.3, -0.25) is 0 Å². The molecule has 5 nitrogen and oxygen atoms in total. The molecule has 0 bridgehead atoms. The number of aromatic carboxylic acids is 1. The first-order valence-corrected chi connectivity index (χ1v) is 8.13. The molecule has 0 fully saturated rings. The minimum Gasteiger partial charge on any atom is -0.545 e. The molecular formula is C20H15O5-. The van der Waals surface area contributed by atoms with Crippen molar-refractivity contribution in [2.75, 3.05) is 0 Å². The first-order chi connectivity index (χ1) is 12.1. The van der Waals surface area contributed by atoms with Gasteiger partial charge in [-0.05, 0) is 48.1 Å². The highest BCUT2D eigenvalue weighted by molar-refractivity contribution is 5.85. The molecule has 0 unspecified atom stereocenters. The topological polar surface area (TPSA) is 79.6 Å². The number of hydrogen-bond donors (Lipinski definition) is 0. The zero-order valence-electron chi connectivity index (χ0n) is 13.4. The molecule has 4 rings (SSSR count). The van der Waals surface area contributed by atoms with Crippen molar-refractivity contribution < 1.29 is 19.1 Å². The van der Waals surface area contributed by atoms with Crippen molar-refractivity contribution in [3.63, 3.8) is 0 Å². The van der Waals surface area contributed by atoms with Crippen LogP contribution < -0.4 is 15.5 Å². The Hall–Kier alpha value is -3.08. The number of fused-ring (bicyclic) bond motifs is 3. The molecule has 1 aromatic heterocycles. The van der Waals surface area contributed by atoms with Crippen LogP contribution in [0.5, 0.6) is 5.75 Å². The van der Waals surface area contributed by atoms with E-state index in [-0.39, 0.29) is 17.8 Å². The van der Waals surface area contributed by atoms with Crippen molar-refractivity contribution in [3.8, 4) is 5.75 Å². The van der Waals surface area contributed by atoms with Crippen molar-refractivity contribution in [2.24, 2.45) is 0 Å².